The zero-order valence-corrected chi connectivity index (χ0v) is 15.8. The second-order valence-corrected chi connectivity index (χ2v) is 7.47. The summed E-state index contributed by atoms with van der Waals surface area (Å²) in [5, 5.41) is 18.2. The van der Waals surface area contributed by atoms with Gasteiger partial charge in [-0.3, -0.25) is 4.98 Å². The maximum atomic E-state index is 11.4. The van der Waals surface area contributed by atoms with Crippen LogP contribution in [0, 0.1) is 5.92 Å². The number of aromatic amines is 2. The summed E-state index contributed by atoms with van der Waals surface area (Å²) < 4.78 is 7.00. The van der Waals surface area contributed by atoms with Crippen LogP contribution in [-0.4, -0.2) is 60.5 Å². The van der Waals surface area contributed by atoms with E-state index in [4.69, 9.17) is 4.74 Å². The van der Waals surface area contributed by atoms with E-state index in [0.29, 0.717) is 28.4 Å². The Morgan fingerprint density at radius 3 is 2.83 bits per heavy atom. The fraction of sp³-hybridized carbons (Fsp3) is 0.500. The number of fused-ring (bicyclic) bond motifs is 1. The lowest BCUT2D eigenvalue weighted by Crippen LogP contribution is -2.27. The van der Waals surface area contributed by atoms with Gasteiger partial charge in [-0.25, -0.2) is 9.79 Å². The van der Waals surface area contributed by atoms with Gasteiger partial charge in [-0.05, 0) is 37.7 Å². The van der Waals surface area contributed by atoms with Gasteiger partial charge in [-0.2, -0.15) is 19.6 Å². The Bertz CT molecular complexity index is 1200. The predicted octanol–water partition coefficient (Wildman–Crippen LogP) is -0.704. The molecule has 1 aliphatic heterocycles. The van der Waals surface area contributed by atoms with Crippen LogP contribution in [0.1, 0.15) is 31.4 Å². The summed E-state index contributed by atoms with van der Waals surface area (Å²) in [5.74, 6) is 0.778. The van der Waals surface area contributed by atoms with Gasteiger partial charge in [-0.15, -0.1) is 0 Å². The average molecular weight is 398 g/mol. The van der Waals surface area contributed by atoms with Crippen molar-refractivity contribution in [2.45, 2.75) is 31.7 Å². The first-order valence-electron chi connectivity index (χ1n) is 9.80. The molecule has 3 aromatic heterocycles. The molecule has 4 heterocycles. The van der Waals surface area contributed by atoms with Crippen molar-refractivity contribution in [2.24, 2.45) is 10.9 Å². The summed E-state index contributed by atoms with van der Waals surface area (Å²) in [6.45, 7) is 2.34. The molecule has 152 valence electrons. The molecule has 0 amide bonds. The molecule has 3 aromatic rings. The molecule has 0 aromatic carbocycles. The van der Waals surface area contributed by atoms with Crippen LogP contribution in [0.3, 0.4) is 0 Å². The Morgan fingerprint density at radius 2 is 2.10 bits per heavy atom. The third kappa shape index (κ3) is 3.86. The molecule has 2 fully saturated rings. The number of hydrogen-bond acceptors (Lipinski definition) is 8. The number of anilines is 1. The van der Waals surface area contributed by atoms with Crippen molar-refractivity contribution in [1.82, 2.24) is 29.5 Å². The van der Waals surface area contributed by atoms with Crippen molar-refractivity contribution >= 4 is 17.7 Å². The maximum Gasteiger partial charge on any atom is 0.326 e. The number of aromatic hydroxyl groups is 1. The minimum Gasteiger partial charge on any atom is -0.493 e. The molecule has 1 saturated carbocycles. The molecule has 0 unspecified atom stereocenters. The van der Waals surface area contributed by atoms with Gasteiger partial charge in [0.25, 0.3) is 5.62 Å². The molecule has 11 heteroatoms. The molecule has 29 heavy (non-hydrogen) atoms. The number of aromatic nitrogens is 6. The van der Waals surface area contributed by atoms with E-state index in [1.54, 1.807) is 16.8 Å². The van der Waals surface area contributed by atoms with Crippen molar-refractivity contribution in [1.29, 1.82) is 0 Å². The van der Waals surface area contributed by atoms with E-state index in [1.807, 2.05) is 0 Å². The second kappa shape index (κ2) is 7.32. The standard InChI is InChI=1S/C18H22N8O3/c27-15-13(22-18(28)24-15)7-11-9-20-26-14(11)23-16(25-17(26)21-12-1-2-12)19-8-10-3-5-29-6-4-10/h7,9-10,12,27H,1-6,8H2,(H,19,21,25)(H2,22,24,28). The van der Waals surface area contributed by atoms with Crippen LogP contribution in [0.15, 0.2) is 16.0 Å². The summed E-state index contributed by atoms with van der Waals surface area (Å²) in [6, 6.07) is 0.276. The quantitative estimate of drug-likeness (QED) is 0.444. The third-order valence-corrected chi connectivity index (χ3v) is 5.15. The highest BCUT2D eigenvalue weighted by Crippen LogP contribution is 2.22. The molecule has 1 saturated heterocycles. The van der Waals surface area contributed by atoms with Crippen LogP contribution in [0.2, 0.25) is 0 Å². The van der Waals surface area contributed by atoms with Crippen molar-refractivity contribution < 1.29 is 9.84 Å². The Labute approximate surface area is 164 Å². The van der Waals surface area contributed by atoms with Gasteiger partial charge < -0.3 is 20.1 Å². The molecule has 1 aliphatic carbocycles. The highest BCUT2D eigenvalue weighted by atomic mass is 16.5. The zero-order chi connectivity index (χ0) is 19.8. The predicted molar refractivity (Wildman–Crippen MR) is 103 cm³/mol. The number of H-pyrrole nitrogens is 2. The Balaban J connectivity index is 1.55. The lowest BCUT2D eigenvalue weighted by atomic mass is 10.0. The van der Waals surface area contributed by atoms with Crippen LogP contribution in [-0.2, 0) is 4.74 Å². The van der Waals surface area contributed by atoms with E-state index in [0.717, 1.165) is 45.4 Å². The molecular weight excluding hydrogens is 376 g/mol. The van der Waals surface area contributed by atoms with Gasteiger partial charge in [0.15, 0.2) is 5.65 Å². The number of hydrogen-bond donors (Lipinski definition) is 4. The van der Waals surface area contributed by atoms with E-state index in [1.165, 1.54) is 0 Å². The molecule has 0 atom stereocenters. The van der Waals surface area contributed by atoms with Crippen molar-refractivity contribution in [3.63, 3.8) is 0 Å². The normalized spacial score (nSPS) is 19.3. The first-order valence-corrected chi connectivity index (χ1v) is 9.80. The van der Waals surface area contributed by atoms with Crippen molar-refractivity contribution in [2.75, 3.05) is 25.1 Å². The molecule has 11 nitrogen and oxygen atoms in total. The third-order valence-electron chi connectivity index (χ3n) is 5.15. The van der Waals surface area contributed by atoms with Crippen LogP contribution < -0.4 is 21.8 Å². The number of imidazole rings is 1. The number of ether oxygens (including phenoxy) is 1. The van der Waals surface area contributed by atoms with E-state index < -0.39 is 5.69 Å². The van der Waals surface area contributed by atoms with E-state index in [9.17, 15) is 9.90 Å². The number of nitrogens with one attached hydrogen (secondary N) is 3. The number of rotatable bonds is 5. The topological polar surface area (TPSA) is 146 Å². The largest absolute Gasteiger partial charge is 0.493 e. The fourth-order valence-corrected chi connectivity index (χ4v) is 3.35. The molecule has 2 aliphatic rings. The lowest BCUT2D eigenvalue weighted by Gasteiger charge is -2.22. The minimum atomic E-state index is -0.483. The van der Waals surface area contributed by atoms with Gasteiger partial charge in [0.05, 0.1) is 12.2 Å². The fourth-order valence-electron chi connectivity index (χ4n) is 3.35. The summed E-state index contributed by atoms with van der Waals surface area (Å²) in [4.78, 5) is 30.1. The molecule has 0 spiro atoms. The maximum absolute atomic E-state index is 11.4. The molecular formula is C18H22N8O3. The molecule has 4 N–H and O–H groups in total. The lowest BCUT2D eigenvalue weighted by molar-refractivity contribution is 0.0699. The Morgan fingerprint density at radius 1 is 1.28 bits per heavy atom. The van der Waals surface area contributed by atoms with Crippen LogP contribution in [0.4, 0.5) is 5.95 Å². The minimum absolute atomic E-state index is 0.232. The first kappa shape index (κ1) is 17.9. The van der Waals surface area contributed by atoms with Gasteiger partial charge >= 0.3 is 5.69 Å². The van der Waals surface area contributed by atoms with Crippen molar-refractivity contribution in [3.05, 3.63) is 33.2 Å². The van der Waals surface area contributed by atoms with E-state index in [-0.39, 0.29) is 17.6 Å². The Kier molecular flexibility index (Phi) is 4.51. The van der Waals surface area contributed by atoms with Crippen molar-refractivity contribution in [3.8, 4) is 5.88 Å². The number of nitrogens with zero attached hydrogens (tertiary/aromatic N) is 5. The van der Waals surface area contributed by atoms with Gasteiger partial charge in [-0.1, -0.05) is 0 Å². The summed E-state index contributed by atoms with van der Waals surface area (Å²) in [6.07, 6.45) is 7.36. The van der Waals surface area contributed by atoms with Crippen LogP contribution in [0.25, 0.3) is 11.7 Å². The summed E-state index contributed by atoms with van der Waals surface area (Å²) in [5.41, 5.74) is 0.831. The molecule has 5 rings (SSSR count). The summed E-state index contributed by atoms with van der Waals surface area (Å²) >= 11 is 0. The Hall–Kier alpha value is -3.21. The smallest absolute Gasteiger partial charge is 0.326 e. The molecule has 0 bridgehead atoms. The monoisotopic (exact) mass is 398 g/mol. The SMILES string of the molecule is O=c1[nH]c(O)c(C=c2cnn3c(=NC4CC4)nc(NCC4CCOCC4)nc23)[nH]1. The summed E-state index contributed by atoms with van der Waals surface area (Å²) in [7, 11) is 0. The zero-order valence-electron chi connectivity index (χ0n) is 15.8. The van der Waals surface area contributed by atoms with Gasteiger partial charge in [0, 0.05) is 25.0 Å². The highest BCUT2D eigenvalue weighted by molar-refractivity contribution is 5.57. The van der Waals surface area contributed by atoms with Crippen LogP contribution >= 0.6 is 0 Å². The molecule has 0 radical (unpaired) electrons. The van der Waals surface area contributed by atoms with Gasteiger partial charge in [0.2, 0.25) is 11.8 Å². The van der Waals surface area contributed by atoms with E-state index in [2.05, 4.69) is 35.3 Å². The first-order chi connectivity index (χ1) is 14.2. The van der Waals surface area contributed by atoms with E-state index >= 15 is 0 Å². The van der Waals surface area contributed by atoms with Gasteiger partial charge in [0.1, 0.15) is 5.69 Å². The second-order valence-electron chi connectivity index (χ2n) is 7.47. The highest BCUT2D eigenvalue weighted by Gasteiger charge is 2.21. The van der Waals surface area contributed by atoms with Crippen LogP contribution in [0.5, 0.6) is 5.88 Å². The average Bonchev–Trinajstić information content (AvgIpc) is 3.36.